The molecule has 0 spiro atoms. The van der Waals surface area contributed by atoms with Gasteiger partial charge in [0.1, 0.15) is 0 Å². The number of carbonyl (C=O) groups excluding carboxylic acids is 1. The van der Waals surface area contributed by atoms with Crippen molar-refractivity contribution < 1.29 is 9.53 Å². The van der Waals surface area contributed by atoms with E-state index in [1.165, 1.54) is 38.5 Å². The molecule has 5 heteroatoms. The van der Waals surface area contributed by atoms with Crippen LogP contribution in [-0.4, -0.2) is 30.2 Å². The third-order valence-electron chi connectivity index (χ3n) is 6.40. The van der Waals surface area contributed by atoms with Gasteiger partial charge < -0.3 is 14.6 Å². The molecule has 152 valence electrons. The quantitative estimate of drug-likeness (QED) is 0.567. The van der Waals surface area contributed by atoms with Crippen LogP contribution in [0.5, 0.6) is 0 Å². The van der Waals surface area contributed by atoms with Gasteiger partial charge in [-0.3, -0.25) is 4.79 Å². The Labute approximate surface area is 176 Å². The van der Waals surface area contributed by atoms with Gasteiger partial charge in [-0.1, -0.05) is 60.5 Å². The Morgan fingerprint density at radius 2 is 1.89 bits per heavy atom. The normalized spacial score (nSPS) is 18.8. The molecule has 1 amide bonds. The highest BCUT2D eigenvalue weighted by molar-refractivity contribution is 9.10. The van der Waals surface area contributed by atoms with E-state index in [2.05, 4.69) is 31.9 Å². The van der Waals surface area contributed by atoms with Crippen LogP contribution in [0.3, 0.4) is 0 Å². The van der Waals surface area contributed by atoms with Gasteiger partial charge in [-0.05, 0) is 30.9 Å². The Morgan fingerprint density at radius 3 is 2.61 bits per heavy atom. The molecule has 1 aliphatic heterocycles. The fourth-order valence-electron chi connectivity index (χ4n) is 4.58. The Hall–Kier alpha value is -1.33. The number of ether oxygens (including phenoxy) is 1. The monoisotopic (exact) mass is 446 g/mol. The molecule has 1 aromatic carbocycles. The Balaban J connectivity index is 1.43. The zero-order valence-electron chi connectivity index (χ0n) is 16.6. The molecule has 1 saturated heterocycles. The van der Waals surface area contributed by atoms with Gasteiger partial charge in [-0.2, -0.15) is 0 Å². The smallest absolute Gasteiger partial charge is 0.253 e. The van der Waals surface area contributed by atoms with Gasteiger partial charge in [0.25, 0.3) is 5.91 Å². The number of hydrogen-bond donors (Lipinski definition) is 1. The summed E-state index contributed by atoms with van der Waals surface area (Å²) in [6, 6.07) is 6.18. The maximum Gasteiger partial charge on any atom is 0.253 e. The van der Waals surface area contributed by atoms with Gasteiger partial charge in [0.05, 0.1) is 18.8 Å². The first kappa shape index (κ1) is 20.0. The van der Waals surface area contributed by atoms with Crippen molar-refractivity contribution in [1.29, 1.82) is 0 Å². The molecule has 4 rings (SSSR count). The molecule has 1 N–H and O–H groups in total. The summed E-state index contributed by atoms with van der Waals surface area (Å²) in [4.78, 5) is 13.0. The van der Waals surface area contributed by atoms with Gasteiger partial charge in [0, 0.05) is 40.6 Å². The van der Waals surface area contributed by atoms with Gasteiger partial charge in [-0.15, -0.1) is 0 Å². The van der Waals surface area contributed by atoms with Crippen LogP contribution in [0.1, 0.15) is 61.7 Å². The zero-order chi connectivity index (χ0) is 19.3. The molecule has 1 aromatic heterocycles. The second-order valence-corrected chi connectivity index (χ2v) is 9.32. The van der Waals surface area contributed by atoms with Crippen molar-refractivity contribution in [3.05, 3.63) is 34.4 Å². The van der Waals surface area contributed by atoms with Crippen molar-refractivity contribution in [2.45, 2.75) is 57.9 Å². The van der Waals surface area contributed by atoms with Gasteiger partial charge in [-0.25, -0.2) is 0 Å². The largest absolute Gasteiger partial charge is 0.381 e. The second-order valence-electron chi connectivity index (χ2n) is 8.46. The van der Waals surface area contributed by atoms with E-state index in [1.54, 1.807) is 0 Å². The Morgan fingerprint density at radius 1 is 1.11 bits per heavy atom. The molecule has 4 nitrogen and oxygen atoms in total. The molecule has 0 bridgehead atoms. The summed E-state index contributed by atoms with van der Waals surface area (Å²) in [5, 5.41) is 4.22. The lowest BCUT2D eigenvalue weighted by Crippen LogP contribution is -2.28. The van der Waals surface area contributed by atoms with Crippen molar-refractivity contribution >= 4 is 32.7 Å². The third-order valence-corrected chi connectivity index (χ3v) is 7.06. The van der Waals surface area contributed by atoms with Crippen LogP contribution < -0.4 is 5.32 Å². The highest BCUT2D eigenvalue weighted by Gasteiger charge is 2.21. The summed E-state index contributed by atoms with van der Waals surface area (Å²) < 4.78 is 8.52. The maximum absolute atomic E-state index is 13.0. The molecular weight excluding hydrogens is 416 g/mol. The predicted octanol–water partition coefficient (Wildman–Crippen LogP) is 5.53. The summed E-state index contributed by atoms with van der Waals surface area (Å²) in [7, 11) is 0. The molecule has 2 aromatic rings. The lowest BCUT2D eigenvalue weighted by atomic mass is 9.97. The minimum Gasteiger partial charge on any atom is -0.381 e. The van der Waals surface area contributed by atoms with E-state index >= 15 is 0 Å². The van der Waals surface area contributed by atoms with E-state index in [0.29, 0.717) is 5.92 Å². The van der Waals surface area contributed by atoms with E-state index in [-0.39, 0.29) is 5.91 Å². The van der Waals surface area contributed by atoms with Crippen LogP contribution in [-0.2, 0) is 11.3 Å². The summed E-state index contributed by atoms with van der Waals surface area (Å²) in [5.74, 6) is 1.48. The maximum atomic E-state index is 13.0. The Kier molecular flexibility index (Phi) is 6.73. The van der Waals surface area contributed by atoms with Crippen molar-refractivity contribution in [2.75, 3.05) is 19.8 Å². The van der Waals surface area contributed by atoms with E-state index in [1.807, 2.05) is 18.3 Å². The molecule has 0 unspecified atom stereocenters. The molecular formula is C23H31BrN2O2. The number of nitrogens with one attached hydrogen (secondary N) is 1. The first-order valence-corrected chi connectivity index (χ1v) is 11.6. The van der Waals surface area contributed by atoms with Crippen LogP contribution in [0, 0.1) is 11.8 Å². The summed E-state index contributed by atoms with van der Waals surface area (Å²) in [6.45, 7) is 3.45. The molecule has 2 fully saturated rings. The number of fused-ring (bicyclic) bond motifs is 1. The fraction of sp³-hybridized carbons (Fsp3) is 0.609. The standard InChI is InChI=1S/C23H31BrN2O2/c24-20-8-5-9-21-22(20)19(14-26(21)13-11-18-15-28-16-18)23(27)25-12-10-17-6-3-1-2-4-7-17/h5,8-9,14,17-18H,1-4,6-7,10-13,15-16H2,(H,25,27). The highest BCUT2D eigenvalue weighted by atomic mass is 79.9. The predicted molar refractivity (Wildman–Crippen MR) is 117 cm³/mol. The van der Waals surface area contributed by atoms with E-state index < -0.39 is 0 Å². The molecule has 1 aliphatic carbocycles. The zero-order valence-corrected chi connectivity index (χ0v) is 18.2. The fourth-order valence-corrected chi connectivity index (χ4v) is 5.15. The highest BCUT2D eigenvalue weighted by Crippen LogP contribution is 2.30. The van der Waals surface area contributed by atoms with E-state index in [9.17, 15) is 4.79 Å². The van der Waals surface area contributed by atoms with Crippen molar-refractivity contribution in [3.63, 3.8) is 0 Å². The summed E-state index contributed by atoms with van der Waals surface area (Å²) >= 11 is 3.66. The van der Waals surface area contributed by atoms with Crippen molar-refractivity contribution in [2.24, 2.45) is 11.8 Å². The number of amides is 1. The van der Waals surface area contributed by atoms with Gasteiger partial charge in [0.15, 0.2) is 0 Å². The average molecular weight is 447 g/mol. The number of benzene rings is 1. The molecule has 1 saturated carbocycles. The van der Waals surface area contributed by atoms with Crippen LogP contribution in [0.15, 0.2) is 28.9 Å². The number of hydrogen-bond acceptors (Lipinski definition) is 2. The summed E-state index contributed by atoms with van der Waals surface area (Å²) in [6.07, 6.45) is 12.3. The summed E-state index contributed by atoms with van der Waals surface area (Å²) in [5.41, 5.74) is 1.91. The lowest BCUT2D eigenvalue weighted by Gasteiger charge is -2.26. The van der Waals surface area contributed by atoms with Crippen molar-refractivity contribution in [1.82, 2.24) is 9.88 Å². The number of nitrogens with zero attached hydrogens (tertiary/aromatic N) is 1. The van der Waals surface area contributed by atoms with Crippen LogP contribution in [0.4, 0.5) is 0 Å². The number of aryl methyl sites for hydroxylation is 1. The minimum absolute atomic E-state index is 0.0521. The number of aromatic nitrogens is 1. The SMILES string of the molecule is O=C(NCCC1CCCCCC1)c1cn(CCC2COC2)c2cccc(Br)c12. The van der Waals surface area contributed by atoms with Gasteiger partial charge >= 0.3 is 0 Å². The van der Waals surface area contributed by atoms with Crippen molar-refractivity contribution in [3.8, 4) is 0 Å². The first-order chi connectivity index (χ1) is 13.7. The van der Waals surface area contributed by atoms with Crippen LogP contribution in [0.25, 0.3) is 10.9 Å². The van der Waals surface area contributed by atoms with Crippen LogP contribution >= 0.6 is 15.9 Å². The number of carbonyl (C=O) groups is 1. The average Bonchev–Trinajstić information content (AvgIpc) is 2.83. The minimum atomic E-state index is 0.0521. The lowest BCUT2D eigenvalue weighted by molar-refractivity contribution is -0.0370. The number of halogens is 1. The molecule has 2 heterocycles. The number of rotatable bonds is 7. The second kappa shape index (κ2) is 9.45. The topological polar surface area (TPSA) is 43.3 Å². The third kappa shape index (κ3) is 4.62. The first-order valence-electron chi connectivity index (χ1n) is 10.9. The molecule has 0 atom stereocenters. The van der Waals surface area contributed by atoms with E-state index in [4.69, 9.17) is 4.74 Å². The van der Waals surface area contributed by atoms with Crippen LogP contribution in [0.2, 0.25) is 0 Å². The molecule has 2 aliphatic rings. The van der Waals surface area contributed by atoms with E-state index in [0.717, 1.165) is 66.0 Å². The molecule has 0 radical (unpaired) electrons. The van der Waals surface area contributed by atoms with Gasteiger partial charge in [0.2, 0.25) is 0 Å². The molecule has 28 heavy (non-hydrogen) atoms. The Bertz CT molecular complexity index is 804.